The first-order chi connectivity index (χ1) is 13.3. The Morgan fingerprint density at radius 2 is 2.21 bits per heavy atom. The van der Waals surface area contributed by atoms with Crippen LogP contribution in [-0.4, -0.2) is 52.5 Å². The number of hydrogen-bond acceptors (Lipinski definition) is 5. The van der Waals surface area contributed by atoms with Crippen LogP contribution in [0, 0.1) is 13.8 Å². The van der Waals surface area contributed by atoms with Gasteiger partial charge in [0, 0.05) is 43.0 Å². The van der Waals surface area contributed by atoms with E-state index in [0.717, 1.165) is 24.5 Å². The van der Waals surface area contributed by atoms with Crippen LogP contribution in [0.1, 0.15) is 23.4 Å². The van der Waals surface area contributed by atoms with E-state index in [2.05, 4.69) is 16.9 Å². The first kappa shape index (κ1) is 20.6. The number of carbonyl (C=O) groups is 1. The molecule has 1 aliphatic heterocycles. The van der Waals surface area contributed by atoms with E-state index < -0.39 is 11.5 Å². The van der Waals surface area contributed by atoms with Gasteiger partial charge in [0.1, 0.15) is 18.0 Å². The zero-order valence-corrected chi connectivity index (χ0v) is 17.3. The Morgan fingerprint density at radius 3 is 2.86 bits per heavy atom. The van der Waals surface area contributed by atoms with Crippen molar-refractivity contribution < 1.29 is 14.3 Å². The van der Waals surface area contributed by atoms with Crippen LogP contribution in [0.2, 0.25) is 5.02 Å². The van der Waals surface area contributed by atoms with Gasteiger partial charge in [0.15, 0.2) is 0 Å². The lowest BCUT2D eigenvalue weighted by Gasteiger charge is -2.42. The number of rotatable bonds is 7. The number of halogens is 1. The number of benzene rings is 1. The Bertz CT molecular complexity index is 854. The fourth-order valence-electron chi connectivity index (χ4n) is 3.66. The minimum absolute atomic E-state index is 0.0923. The summed E-state index contributed by atoms with van der Waals surface area (Å²) in [6, 6.07) is 7.17. The Balaban J connectivity index is 1.75. The van der Waals surface area contributed by atoms with E-state index in [9.17, 15) is 4.79 Å². The van der Waals surface area contributed by atoms with Crippen molar-refractivity contribution in [1.82, 2.24) is 14.7 Å². The number of nitrogens with two attached hydrogens (primary N) is 1. The molecule has 0 radical (unpaired) electrons. The van der Waals surface area contributed by atoms with Crippen molar-refractivity contribution in [3.63, 3.8) is 0 Å². The van der Waals surface area contributed by atoms with Crippen LogP contribution < -0.4 is 10.5 Å². The van der Waals surface area contributed by atoms with Gasteiger partial charge < -0.3 is 15.2 Å². The van der Waals surface area contributed by atoms with Gasteiger partial charge in [0.2, 0.25) is 5.91 Å². The molecule has 0 spiro atoms. The third-order valence-corrected chi connectivity index (χ3v) is 5.40. The zero-order chi connectivity index (χ0) is 20.3. The molecule has 0 saturated carbocycles. The van der Waals surface area contributed by atoms with Crippen LogP contribution in [0.3, 0.4) is 0 Å². The molecule has 2 aromatic rings. The van der Waals surface area contributed by atoms with Gasteiger partial charge in [-0.3, -0.25) is 14.4 Å². The third-order valence-electron chi connectivity index (χ3n) is 5.16. The molecule has 1 aliphatic rings. The number of hydrogen-bond donors (Lipinski definition) is 1. The number of aromatic nitrogens is 2. The molecule has 2 N–H and O–H groups in total. The molecule has 152 valence electrons. The number of primary amides is 1. The first-order valence-corrected chi connectivity index (χ1v) is 9.68. The van der Waals surface area contributed by atoms with Gasteiger partial charge >= 0.3 is 0 Å². The molecule has 1 amide bonds. The average Bonchev–Trinajstić information content (AvgIpc) is 2.86. The van der Waals surface area contributed by atoms with E-state index in [4.69, 9.17) is 26.8 Å². The number of carbonyl (C=O) groups excluding carboxylic acids is 1. The predicted octanol–water partition coefficient (Wildman–Crippen LogP) is 2.22. The Morgan fingerprint density at radius 1 is 1.43 bits per heavy atom. The van der Waals surface area contributed by atoms with Crippen molar-refractivity contribution >= 4 is 17.5 Å². The normalized spacial score (nSPS) is 20.3. The van der Waals surface area contributed by atoms with Gasteiger partial charge in [-0.1, -0.05) is 17.7 Å². The highest BCUT2D eigenvalue weighted by Crippen LogP contribution is 2.27. The number of amides is 1. The summed E-state index contributed by atoms with van der Waals surface area (Å²) in [5, 5.41) is 5.09. The highest BCUT2D eigenvalue weighted by molar-refractivity contribution is 6.30. The van der Waals surface area contributed by atoms with E-state index in [-0.39, 0.29) is 13.0 Å². The first-order valence-electron chi connectivity index (χ1n) is 9.30. The molecule has 7 nitrogen and oxygen atoms in total. The second-order valence-corrected chi connectivity index (χ2v) is 7.84. The second kappa shape index (κ2) is 8.51. The van der Waals surface area contributed by atoms with Crippen molar-refractivity contribution in [3.8, 4) is 5.75 Å². The van der Waals surface area contributed by atoms with E-state index in [0.29, 0.717) is 23.9 Å². The van der Waals surface area contributed by atoms with Crippen LogP contribution in [-0.2, 0) is 23.1 Å². The molecule has 0 aliphatic carbocycles. The minimum Gasteiger partial charge on any atom is -0.490 e. The summed E-state index contributed by atoms with van der Waals surface area (Å²) in [5.41, 5.74) is 8.08. The minimum atomic E-state index is -0.795. The molecule has 3 rings (SSSR count). The van der Waals surface area contributed by atoms with Gasteiger partial charge in [0.25, 0.3) is 0 Å². The fraction of sp³-hybridized carbons (Fsp3) is 0.500. The molecule has 2 heterocycles. The molecule has 1 atom stereocenters. The van der Waals surface area contributed by atoms with Crippen LogP contribution in [0.25, 0.3) is 0 Å². The molecule has 1 aromatic heterocycles. The van der Waals surface area contributed by atoms with Crippen molar-refractivity contribution in [2.75, 3.05) is 26.3 Å². The topological polar surface area (TPSA) is 82.6 Å². The maximum absolute atomic E-state index is 11.7. The fourth-order valence-corrected chi connectivity index (χ4v) is 3.84. The lowest BCUT2D eigenvalue weighted by Crippen LogP contribution is -2.56. The molecule has 1 saturated heterocycles. The smallest absolute Gasteiger partial charge is 0.220 e. The molecule has 0 unspecified atom stereocenters. The van der Waals surface area contributed by atoms with E-state index >= 15 is 0 Å². The van der Waals surface area contributed by atoms with Crippen molar-refractivity contribution in [3.05, 3.63) is 46.2 Å². The average molecular weight is 407 g/mol. The maximum atomic E-state index is 11.7. The van der Waals surface area contributed by atoms with Gasteiger partial charge in [0.05, 0.1) is 18.7 Å². The third kappa shape index (κ3) is 4.84. The number of nitrogens with zero attached hydrogens (tertiary/aromatic N) is 3. The number of ether oxygens (including phenoxy) is 2. The van der Waals surface area contributed by atoms with E-state index in [1.807, 2.05) is 30.8 Å². The summed E-state index contributed by atoms with van der Waals surface area (Å²) in [5.74, 6) is 0.223. The summed E-state index contributed by atoms with van der Waals surface area (Å²) < 4.78 is 13.9. The summed E-state index contributed by atoms with van der Waals surface area (Å²) in [6.45, 7) is 6.86. The van der Waals surface area contributed by atoms with Crippen LogP contribution in [0.15, 0.2) is 24.3 Å². The summed E-state index contributed by atoms with van der Waals surface area (Å²) >= 11 is 6.03. The van der Waals surface area contributed by atoms with Gasteiger partial charge in [-0.25, -0.2) is 0 Å². The molecule has 0 bridgehead atoms. The second-order valence-electron chi connectivity index (χ2n) is 7.40. The highest BCUT2D eigenvalue weighted by Gasteiger charge is 2.39. The van der Waals surface area contributed by atoms with E-state index in [1.54, 1.807) is 12.1 Å². The Labute approximate surface area is 170 Å². The molecule has 1 aromatic carbocycles. The largest absolute Gasteiger partial charge is 0.490 e. The lowest BCUT2D eigenvalue weighted by atomic mass is 9.97. The molecule has 28 heavy (non-hydrogen) atoms. The van der Waals surface area contributed by atoms with Crippen molar-refractivity contribution in [2.45, 2.75) is 32.4 Å². The summed E-state index contributed by atoms with van der Waals surface area (Å²) in [4.78, 5) is 14.0. The monoisotopic (exact) mass is 406 g/mol. The molecular formula is C20H27ClN4O3. The standard InChI is InChI=1S/C20H27ClN4O3/c1-14-18(15(2)24(3)23-14)11-25-7-8-28-20(12-25,10-19(22)26)13-27-17-6-4-5-16(21)9-17/h4-6,9H,7-8,10-13H2,1-3H3,(H2,22,26)/t20-/m1/s1. The Kier molecular flexibility index (Phi) is 6.27. The van der Waals surface area contributed by atoms with Gasteiger partial charge in [-0.15, -0.1) is 0 Å². The summed E-state index contributed by atoms with van der Waals surface area (Å²) in [7, 11) is 1.95. The zero-order valence-electron chi connectivity index (χ0n) is 16.6. The van der Waals surface area contributed by atoms with Crippen LogP contribution >= 0.6 is 11.6 Å². The van der Waals surface area contributed by atoms with Crippen molar-refractivity contribution in [1.29, 1.82) is 0 Å². The highest BCUT2D eigenvalue weighted by atomic mass is 35.5. The maximum Gasteiger partial charge on any atom is 0.220 e. The Hall–Kier alpha value is -2.09. The van der Waals surface area contributed by atoms with E-state index in [1.165, 1.54) is 5.56 Å². The predicted molar refractivity (Wildman–Crippen MR) is 107 cm³/mol. The van der Waals surface area contributed by atoms with Crippen LogP contribution in [0.5, 0.6) is 5.75 Å². The molecule has 1 fully saturated rings. The lowest BCUT2D eigenvalue weighted by molar-refractivity contribution is -0.148. The van der Waals surface area contributed by atoms with Crippen molar-refractivity contribution in [2.24, 2.45) is 12.8 Å². The molecule has 8 heteroatoms. The van der Waals surface area contributed by atoms with Gasteiger partial charge in [-0.05, 0) is 32.0 Å². The summed E-state index contributed by atoms with van der Waals surface area (Å²) in [6.07, 6.45) is 0.0923. The molecular weight excluding hydrogens is 380 g/mol. The number of morpholine rings is 1. The number of aryl methyl sites for hydroxylation is 2. The quantitative estimate of drug-likeness (QED) is 0.762. The van der Waals surface area contributed by atoms with Crippen LogP contribution in [0.4, 0.5) is 0 Å². The SMILES string of the molecule is Cc1nn(C)c(C)c1CN1CCO[C@](COc2cccc(Cl)c2)(CC(N)=O)C1. The van der Waals surface area contributed by atoms with Gasteiger partial charge in [-0.2, -0.15) is 5.10 Å².